The van der Waals surface area contributed by atoms with Gasteiger partial charge in [0.15, 0.2) is 0 Å². The number of carboxylic acids is 1. The zero-order valence-corrected chi connectivity index (χ0v) is 7.56. The lowest BCUT2D eigenvalue weighted by atomic mass is 10.1. The Morgan fingerprint density at radius 1 is 1.33 bits per heavy atom. The summed E-state index contributed by atoms with van der Waals surface area (Å²) in [5.74, 6) is -0.792. The van der Waals surface area contributed by atoms with Gasteiger partial charge in [-0.05, 0) is 31.9 Å². The molecule has 3 nitrogen and oxygen atoms in total. The zero-order chi connectivity index (χ0) is 9.30. The van der Waals surface area contributed by atoms with Crippen LogP contribution in [0, 0.1) is 20.8 Å². The molecule has 3 heteroatoms. The Morgan fingerprint density at radius 2 is 1.92 bits per heavy atom. The van der Waals surface area contributed by atoms with Crippen LogP contribution in [0.1, 0.15) is 22.5 Å². The number of hydrogen-bond donors (Lipinski definition) is 2. The first-order chi connectivity index (χ1) is 5.52. The molecule has 0 aliphatic heterocycles. The standard InChI is InChI=1S/C9H13NO2/c1-5-6(2)8(4-9(11)12)10-7(5)3/h10H,4H2,1-3H3,(H,11,12). The number of aromatic amines is 1. The van der Waals surface area contributed by atoms with E-state index in [4.69, 9.17) is 5.11 Å². The largest absolute Gasteiger partial charge is 0.481 e. The summed E-state index contributed by atoms with van der Waals surface area (Å²) >= 11 is 0. The lowest BCUT2D eigenvalue weighted by Gasteiger charge is -1.94. The molecule has 0 spiro atoms. The van der Waals surface area contributed by atoms with E-state index in [1.807, 2.05) is 20.8 Å². The van der Waals surface area contributed by atoms with Crippen LogP contribution in [-0.2, 0) is 11.2 Å². The van der Waals surface area contributed by atoms with E-state index < -0.39 is 5.97 Å². The average Bonchev–Trinajstić information content (AvgIpc) is 2.17. The number of H-pyrrole nitrogens is 1. The Labute approximate surface area is 71.4 Å². The van der Waals surface area contributed by atoms with Crippen molar-refractivity contribution in [2.75, 3.05) is 0 Å². The molecule has 2 N–H and O–H groups in total. The highest BCUT2D eigenvalue weighted by atomic mass is 16.4. The molecular formula is C9H13NO2. The molecule has 66 valence electrons. The summed E-state index contributed by atoms with van der Waals surface area (Å²) in [4.78, 5) is 13.5. The van der Waals surface area contributed by atoms with Crippen molar-refractivity contribution in [1.29, 1.82) is 0 Å². The summed E-state index contributed by atoms with van der Waals surface area (Å²) in [6.07, 6.45) is 0.0838. The van der Waals surface area contributed by atoms with Gasteiger partial charge in [-0.15, -0.1) is 0 Å². The molecular weight excluding hydrogens is 154 g/mol. The van der Waals surface area contributed by atoms with Crippen LogP contribution in [0.4, 0.5) is 0 Å². The monoisotopic (exact) mass is 167 g/mol. The van der Waals surface area contributed by atoms with E-state index in [0.717, 1.165) is 22.5 Å². The van der Waals surface area contributed by atoms with E-state index in [2.05, 4.69) is 4.98 Å². The summed E-state index contributed by atoms with van der Waals surface area (Å²) in [5, 5.41) is 8.57. The Bertz CT molecular complexity index is 313. The predicted octanol–water partition coefficient (Wildman–Crippen LogP) is 1.57. The molecule has 1 heterocycles. The Balaban J connectivity index is 3.01. The maximum atomic E-state index is 10.4. The van der Waals surface area contributed by atoms with Gasteiger partial charge in [0.05, 0.1) is 6.42 Å². The molecule has 1 aromatic rings. The van der Waals surface area contributed by atoms with Gasteiger partial charge in [0.2, 0.25) is 0 Å². The predicted molar refractivity (Wildman–Crippen MR) is 46.3 cm³/mol. The minimum atomic E-state index is -0.792. The molecule has 0 amide bonds. The number of aliphatic carboxylic acids is 1. The van der Waals surface area contributed by atoms with Gasteiger partial charge in [-0.1, -0.05) is 0 Å². The molecule has 0 aliphatic rings. The quantitative estimate of drug-likeness (QED) is 0.702. The Hall–Kier alpha value is -1.25. The summed E-state index contributed by atoms with van der Waals surface area (Å²) in [7, 11) is 0. The molecule has 1 rings (SSSR count). The minimum Gasteiger partial charge on any atom is -0.481 e. The third-order valence-corrected chi connectivity index (χ3v) is 2.24. The van der Waals surface area contributed by atoms with Gasteiger partial charge in [-0.25, -0.2) is 0 Å². The first-order valence-corrected chi connectivity index (χ1v) is 3.88. The van der Waals surface area contributed by atoms with Crippen molar-refractivity contribution >= 4 is 5.97 Å². The Morgan fingerprint density at radius 3 is 2.25 bits per heavy atom. The maximum Gasteiger partial charge on any atom is 0.309 e. The summed E-state index contributed by atoms with van der Waals surface area (Å²) in [5.41, 5.74) is 4.10. The third kappa shape index (κ3) is 1.49. The highest BCUT2D eigenvalue weighted by molar-refractivity contribution is 5.70. The summed E-state index contributed by atoms with van der Waals surface area (Å²) in [6.45, 7) is 5.89. The molecule has 12 heavy (non-hydrogen) atoms. The van der Waals surface area contributed by atoms with Gasteiger partial charge >= 0.3 is 5.97 Å². The van der Waals surface area contributed by atoms with E-state index in [1.54, 1.807) is 0 Å². The van der Waals surface area contributed by atoms with Crippen LogP contribution in [0.2, 0.25) is 0 Å². The fraction of sp³-hybridized carbons (Fsp3) is 0.444. The number of hydrogen-bond acceptors (Lipinski definition) is 1. The molecule has 0 atom stereocenters. The van der Waals surface area contributed by atoms with Crippen LogP contribution in [0.5, 0.6) is 0 Å². The van der Waals surface area contributed by atoms with Crippen molar-refractivity contribution in [3.8, 4) is 0 Å². The topological polar surface area (TPSA) is 53.1 Å². The van der Waals surface area contributed by atoms with Crippen molar-refractivity contribution in [3.05, 3.63) is 22.5 Å². The van der Waals surface area contributed by atoms with Crippen LogP contribution < -0.4 is 0 Å². The van der Waals surface area contributed by atoms with Crippen LogP contribution in [-0.4, -0.2) is 16.1 Å². The van der Waals surface area contributed by atoms with E-state index in [-0.39, 0.29) is 6.42 Å². The van der Waals surface area contributed by atoms with Crippen molar-refractivity contribution in [1.82, 2.24) is 4.98 Å². The molecule has 0 radical (unpaired) electrons. The average molecular weight is 167 g/mol. The van der Waals surface area contributed by atoms with E-state index in [9.17, 15) is 4.79 Å². The van der Waals surface area contributed by atoms with Crippen LogP contribution in [0.3, 0.4) is 0 Å². The van der Waals surface area contributed by atoms with E-state index >= 15 is 0 Å². The first kappa shape index (κ1) is 8.84. The molecule has 1 aromatic heterocycles. The normalized spacial score (nSPS) is 10.2. The van der Waals surface area contributed by atoms with Crippen molar-refractivity contribution in [2.24, 2.45) is 0 Å². The van der Waals surface area contributed by atoms with Gasteiger partial charge < -0.3 is 10.1 Å². The first-order valence-electron chi connectivity index (χ1n) is 3.88. The molecule has 0 bridgehead atoms. The van der Waals surface area contributed by atoms with Gasteiger partial charge in [0.25, 0.3) is 0 Å². The fourth-order valence-corrected chi connectivity index (χ4v) is 1.25. The van der Waals surface area contributed by atoms with Gasteiger partial charge in [0.1, 0.15) is 0 Å². The van der Waals surface area contributed by atoms with E-state index in [1.165, 1.54) is 0 Å². The van der Waals surface area contributed by atoms with Crippen molar-refractivity contribution < 1.29 is 9.90 Å². The van der Waals surface area contributed by atoms with Crippen molar-refractivity contribution in [2.45, 2.75) is 27.2 Å². The smallest absolute Gasteiger partial charge is 0.309 e. The lowest BCUT2D eigenvalue weighted by molar-refractivity contribution is -0.136. The second-order valence-electron chi connectivity index (χ2n) is 3.05. The molecule has 0 aromatic carbocycles. The molecule has 0 unspecified atom stereocenters. The second kappa shape index (κ2) is 3.01. The fourth-order valence-electron chi connectivity index (χ4n) is 1.25. The van der Waals surface area contributed by atoms with Crippen LogP contribution >= 0.6 is 0 Å². The molecule has 0 saturated carbocycles. The van der Waals surface area contributed by atoms with E-state index in [0.29, 0.717) is 0 Å². The minimum absolute atomic E-state index is 0.0838. The summed E-state index contributed by atoms with van der Waals surface area (Å²) in [6, 6.07) is 0. The highest BCUT2D eigenvalue weighted by Crippen LogP contribution is 2.16. The number of rotatable bonds is 2. The van der Waals surface area contributed by atoms with Crippen molar-refractivity contribution in [3.63, 3.8) is 0 Å². The molecule has 0 aliphatic carbocycles. The molecule has 0 saturated heterocycles. The lowest BCUT2D eigenvalue weighted by Crippen LogP contribution is -2.01. The third-order valence-electron chi connectivity index (χ3n) is 2.24. The van der Waals surface area contributed by atoms with Crippen LogP contribution in [0.15, 0.2) is 0 Å². The maximum absolute atomic E-state index is 10.4. The van der Waals surface area contributed by atoms with Gasteiger partial charge in [0, 0.05) is 11.4 Å². The second-order valence-corrected chi connectivity index (χ2v) is 3.05. The Kier molecular flexibility index (Phi) is 2.22. The van der Waals surface area contributed by atoms with Crippen LogP contribution in [0.25, 0.3) is 0 Å². The number of aryl methyl sites for hydroxylation is 1. The SMILES string of the molecule is Cc1[nH]c(CC(=O)O)c(C)c1C. The highest BCUT2D eigenvalue weighted by Gasteiger charge is 2.09. The number of carboxylic acid groups (broad SMARTS) is 1. The summed E-state index contributed by atoms with van der Waals surface area (Å²) < 4.78 is 0. The zero-order valence-electron chi connectivity index (χ0n) is 7.56. The number of carbonyl (C=O) groups is 1. The molecule has 0 fully saturated rings. The number of nitrogens with one attached hydrogen (secondary N) is 1. The van der Waals surface area contributed by atoms with Gasteiger partial charge in [-0.2, -0.15) is 0 Å². The number of aromatic nitrogens is 1. The van der Waals surface area contributed by atoms with Gasteiger partial charge in [-0.3, -0.25) is 4.79 Å².